The monoisotopic (exact) mass is 280 g/mol. The maximum Gasteiger partial charge on any atom is 0.356 e. The van der Waals surface area contributed by atoms with Gasteiger partial charge in [-0.15, -0.1) is 10.2 Å². The molecular weight excluding hydrogens is 272 g/mol. The number of hydrogen-bond donors (Lipinski definition) is 2. The van der Waals surface area contributed by atoms with Crippen LogP contribution in [0.1, 0.15) is 16.3 Å². The first kappa shape index (κ1) is 11.7. The Balaban J connectivity index is 2.10. The molecule has 0 aliphatic heterocycles. The molecule has 0 aliphatic rings. The van der Waals surface area contributed by atoms with Gasteiger partial charge < -0.3 is 14.8 Å². The van der Waals surface area contributed by atoms with Gasteiger partial charge in [-0.2, -0.15) is 9.61 Å². The van der Waals surface area contributed by atoms with Gasteiger partial charge in [0.15, 0.2) is 16.5 Å². The number of nitrogens with one attached hydrogen (secondary N) is 1. The van der Waals surface area contributed by atoms with Gasteiger partial charge in [-0.1, -0.05) is 11.3 Å². The van der Waals surface area contributed by atoms with Crippen LogP contribution in [-0.2, 0) is 11.3 Å². The van der Waals surface area contributed by atoms with Crippen molar-refractivity contribution in [3.63, 3.8) is 0 Å². The summed E-state index contributed by atoms with van der Waals surface area (Å²) in [5.41, 5.74) is 0.282. The zero-order chi connectivity index (χ0) is 13.4. The molecule has 3 heterocycles. The van der Waals surface area contributed by atoms with Gasteiger partial charge >= 0.3 is 5.97 Å². The van der Waals surface area contributed by atoms with E-state index in [1.165, 1.54) is 22.2 Å². The van der Waals surface area contributed by atoms with E-state index in [1.807, 2.05) is 0 Å². The van der Waals surface area contributed by atoms with E-state index in [4.69, 9.17) is 9.84 Å². The lowest BCUT2D eigenvalue weighted by Crippen LogP contribution is -2.00. The van der Waals surface area contributed by atoms with Crippen LogP contribution >= 0.6 is 11.3 Å². The van der Waals surface area contributed by atoms with E-state index in [0.717, 1.165) is 0 Å². The molecule has 0 aliphatic carbocycles. The molecule has 0 unspecified atom stereocenters. The molecule has 2 N–H and O–H groups in total. The Morgan fingerprint density at radius 3 is 3.16 bits per heavy atom. The van der Waals surface area contributed by atoms with Crippen LogP contribution in [0, 0.1) is 0 Å². The molecule has 0 spiro atoms. The maximum absolute atomic E-state index is 11.0. The van der Waals surface area contributed by atoms with Crippen molar-refractivity contribution in [3.05, 3.63) is 17.8 Å². The molecule has 98 valence electrons. The van der Waals surface area contributed by atoms with Crippen LogP contribution in [0.3, 0.4) is 0 Å². The van der Waals surface area contributed by atoms with Crippen molar-refractivity contribution in [1.82, 2.24) is 29.8 Å². The van der Waals surface area contributed by atoms with Crippen molar-refractivity contribution in [2.24, 2.45) is 0 Å². The third-order valence-corrected chi connectivity index (χ3v) is 3.30. The van der Waals surface area contributed by atoms with Gasteiger partial charge in [0.25, 0.3) is 0 Å². The molecule has 19 heavy (non-hydrogen) atoms. The molecule has 3 aromatic rings. The molecule has 0 atom stereocenters. The van der Waals surface area contributed by atoms with Crippen LogP contribution in [-0.4, -0.2) is 48.0 Å². The summed E-state index contributed by atoms with van der Waals surface area (Å²) < 4.78 is 6.51. The van der Waals surface area contributed by atoms with Gasteiger partial charge in [-0.25, -0.2) is 9.78 Å². The molecule has 3 aromatic heterocycles. The Morgan fingerprint density at radius 1 is 1.58 bits per heavy atom. The lowest BCUT2D eigenvalue weighted by molar-refractivity contribution is 0.0692. The second-order valence-electron chi connectivity index (χ2n) is 3.58. The molecule has 3 rings (SSSR count). The second-order valence-corrected chi connectivity index (χ2v) is 4.54. The Morgan fingerprint density at radius 2 is 2.42 bits per heavy atom. The summed E-state index contributed by atoms with van der Waals surface area (Å²) in [6.45, 7) is 0.277. The number of carbonyl (C=O) groups is 1. The summed E-state index contributed by atoms with van der Waals surface area (Å²) in [6, 6.07) is 0. The van der Waals surface area contributed by atoms with Crippen molar-refractivity contribution in [2.75, 3.05) is 7.11 Å². The zero-order valence-corrected chi connectivity index (χ0v) is 10.5. The van der Waals surface area contributed by atoms with Crippen molar-refractivity contribution in [1.29, 1.82) is 0 Å². The number of aromatic amines is 1. The van der Waals surface area contributed by atoms with E-state index in [1.54, 1.807) is 7.11 Å². The highest BCUT2D eigenvalue weighted by Crippen LogP contribution is 2.26. The van der Waals surface area contributed by atoms with Gasteiger partial charge in [0, 0.05) is 7.11 Å². The predicted molar refractivity (Wildman–Crippen MR) is 63.9 cm³/mol. The standard InChI is InChI=1S/C9H8N6O3S/c1-18-2-4-12-13-9-15(4)14-7(19-9)5-6(8(16)17)11-3-10-5/h3H,2H2,1H3,(H,10,11)(H,16,17). The third-order valence-electron chi connectivity index (χ3n) is 2.38. The van der Waals surface area contributed by atoms with E-state index in [9.17, 15) is 4.79 Å². The highest BCUT2D eigenvalue weighted by atomic mass is 32.1. The first-order chi connectivity index (χ1) is 9.20. The minimum absolute atomic E-state index is 0.0711. The van der Waals surface area contributed by atoms with Crippen LogP contribution in [0.15, 0.2) is 6.33 Å². The summed E-state index contributed by atoms with van der Waals surface area (Å²) in [6.07, 6.45) is 1.32. The average molecular weight is 280 g/mol. The number of carboxylic acid groups (broad SMARTS) is 1. The van der Waals surface area contributed by atoms with Crippen LogP contribution in [0.25, 0.3) is 15.7 Å². The van der Waals surface area contributed by atoms with E-state index < -0.39 is 5.97 Å². The summed E-state index contributed by atoms with van der Waals surface area (Å²) in [5.74, 6) is -0.560. The van der Waals surface area contributed by atoms with Gasteiger partial charge in [-0.3, -0.25) is 0 Å². The number of methoxy groups -OCH3 is 1. The molecule has 0 bridgehead atoms. The van der Waals surface area contributed by atoms with E-state index in [0.29, 0.717) is 21.5 Å². The molecule has 0 amide bonds. The topological polar surface area (TPSA) is 118 Å². The molecule has 10 heteroatoms. The fourth-order valence-electron chi connectivity index (χ4n) is 1.60. The number of aromatic carboxylic acids is 1. The van der Waals surface area contributed by atoms with Gasteiger partial charge in [0.05, 0.1) is 6.33 Å². The SMILES string of the molecule is COCc1nnc2sc(-c3[nH]cnc3C(=O)O)nn12. The first-order valence-electron chi connectivity index (χ1n) is 5.17. The van der Waals surface area contributed by atoms with Crippen molar-refractivity contribution >= 4 is 22.3 Å². The van der Waals surface area contributed by atoms with Gasteiger partial charge in [-0.05, 0) is 0 Å². The van der Waals surface area contributed by atoms with E-state index in [-0.39, 0.29) is 12.3 Å². The largest absolute Gasteiger partial charge is 0.476 e. The lowest BCUT2D eigenvalue weighted by Gasteiger charge is -1.94. The highest BCUT2D eigenvalue weighted by Gasteiger charge is 2.20. The molecule has 0 saturated carbocycles. The highest BCUT2D eigenvalue weighted by molar-refractivity contribution is 7.19. The van der Waals surface area contributed by atoms with Crippen molar-refractivity contribution in [3.8, 4) is 10.7 Å². The minimum Gasteiger partial charge on any atom is -0.476 e. The van der Waals surface area contributed by atoms with Crippen molar-refractivity contribution in [2.45, 2.75) is 6.61 Å². The number of fused-ring (bicyclic) bond motifs is 1. The van der Waals surface area contributed by atoms with Crippen LogP contribution in [0.2, 0.25) is 0 Å². The molecular formula is C9H8N6O3S. The summed E-state index contributed by atoms with van der Waals surface area (Å²) in [4.78, 5) is 18.1. The summed E-state index contributed by atoms with van der Waals surface area (Å²) in [5, 5.41) is 21.6. The van der Waals surface area contributed by atoms with Gasteiger partial charge in [0.1, 0.15) is 12.3 Å². The Labute approximate surface area is 109 Å². The average Bonchev–Trinajstić information content (AvgIpc) is 3.03. The Bertz CT molecular complexity index is 744. The lowest BCUT2D eigenvalue weighted by atomic mass is 10.3. The maximum atomic E-state index is 11.0. The van der Waals surface area contributed by atoms with E-state index in [2.05, 4.69) is 25.3 Å². The van der Waals surface area contributed by atoms with Crippen molar-refractivity contribution < 1.29 is 14.6 Å². The molecule has 0 aromatic carbocycles. The number of aromatic nitrogens is 6. The molecule has 0 radical (unpaired) electrons. The number of imidazole rings is 1. The molecule has 0 fully saturated rings. The first-order valence-corrected chi connectivity index (χ1v) is 5.99. The predicted octanol–water partition coefficient (Wildman–Crippen LogP) is 0.420. The Hall–Kier alpha value is -2.33. The number of nitrogens with zero attached hydrogens (tertiary/aromatic N) is 5. The smallest absolute Gasteiger partial charge is 0.356 e. The number of rotatable bonds is 4. The normalized spacial score (nSPS) is 11.2. The summed E-state index contributed by atoms with van der Waals surface area (Å²) in [7, 11) is 1.55. The fourth-order valence-corrected chi connectivity index (χ4v) is 2.46. The summed E-state index contributed by atoms with van der Waals surface area (Å²) >= 11 is 1.22. The number of H-pyrrole nitrogens is 1. The van der Waals surface area contributed by atoms with E-state index >= 15 is 0 Å². The minimum atomic E-state index is -1.11. The Kier molecular flexibility index (Phi) is 2.72. The van der Waals surface area contributed by atoms with Gasteiger partial charge in [0.2, 0.25) is 4.96 Å². The molecule has 9 nitrogen and oxygen atoms in total. The number of hydrogen-bond acceptors (Lipinski definition) is 7. The fraction of sp³-hybridized carbons (Fsp3) is 0.222. The third kappa shape index (κ3) is 1.86. The van der Waals surface area contributed by atoms with Crippen LogP contribution < -0.4 is 0 Å². The zero-order valence-electron chi connectivity index (χ0n) is 9.69. The quantitative estimate of drug-likeness (QED) is 0.710. The second kappa shape index (κ2) is 4.40. The number of ether oxygens (including phenoxy) is 1. The molecule has 0 saturated heterocycles. The number of carboxylic acids is 1. The van der Waals surface area contributed by atoms with Crippen LogP contribution in [0.5, 0.6) is 0 Å². The van der Waals surface area contributed by atoms with Crippen LogP contribution in [0.4, 0.5) is 0 Å².